The summed E-state index contributed by atoms with van der Waals surface area (Å²) in [5, 5.41) is 12.6. The smallest absolute Gasteiger partial charge is 0.234 e. The molecule has 1 saturated heterocycles. The molecule has 0 aromatic heterocycles. The number of likely N-dealkylation sites (tertiary alicyclic amines) is 1. The van der Waals surface area contributed by atoms with Crippen LogP contribution in [0.4, 0.5) is 0 Å². The number of carbonyl (C=O) groups is 1. The van der Waals surface area contributed by atoms with E-state index in [1.807, 2.05) is 11.0 Å². The van der Waals surface area contributed by atoms with Crippen molar-refractivity contribution in [2.75, 3.05) is 40.0 Å². The third-order valence-electron chi connectivity index (χ3n) is 4.27. The third kappa shape index (κ3) is 4.10. The molecule has 7 nitrogen and oxygen atoms in total. The van der Waals surface area contributed by atoms with Crippen LogP contribution in [-0.2, 0) is 11.3 Å². The lowest BCUT2D eigenvalue weighted by Gasteiger charge is -2.29. The van der Waals surface area contributed by atoms with E-state index in [1.54, 1.807) is 13.2 Å². The monoisotopic (exact) mass is 336 g/mol. The van der Waals surface area contributed by atoms with Crippen molar-refractivity contribution in [3.05, 3.63) is 17.7 Å². The number of benzene rings is 1. The van der Waals surface area contributed by atoms with Gasteiger partial charge in [0.1, 0.15) is 19.0 Å². The fraction of sp³-hybridized carbons (Fsp3) is 0.588. The Labute approximate surface area is 141 Å². The number of nitrogens with zero attached hydrogens (tertiary/aromatic N) is 1. The van der Waals surface area contributed by atoms with Gasteiger partial charge in [0.05, 0.1) is 19.8 Å². The number of aliphatic hydroxyl groups excluding tert-OH is 1. The van der Waals surface area contributed by atoms with E-state index in [2.05, 4.69) is 5.32 Å². The average Bonchev–Trinajstić information content (AvgIpc) is 2.59. The number of fused-ring (bicyclic) bond motifs is 1. The van der Waals surface area contributed by atoms with E-state index in [1.165, 1.54) is 0 Å². The lowest BCUT2D eigenvalue weighted by atomic mass is 10.1. The predicted molar refractivity (Wildman–Crippen MR) is 87.5 cm³/mol. The van der Waals surface area contributed by atoms with Crippen LogP contribution in [0.2, 0.25) is 0 Å². The Morgan fingerprint density at radius 2 is 2.12 bits per heavy atom. The van der Waals surface area contributed by atoms with Crippen LogP contribution < -0.4 is 19.5 Å². The summed E-state index contributed by atoms with van der Waals surface area (Å²) in [6.45, 7) is 3.09. The molecule has 2 aliphatic heterocycles. The molecule has 1 atom stereocenters. The lowest BCUT2D eigenvalue weighted by molar-refractivity contribution is -0.123. The van der Waals surface area contributed by atoms with Gasteiger partial charge in [-0.15, -0.1) is 0 Å². The zero-order valence-electron chi connectivity index (χ0n) is 13.9. The second-order valence-corrected chi connectivity index (χ2v) is 6.12. The number of hydrogen-bond donors (Lipinski definition) is 2. The highest BCUT2D eigenvalue weighted by atomic mass is 16.6. The highest BCUT2D eigenvalue weighted by Crippen LogP contribution is 2.36. The first-order valence-corrected chi connectivity index (χ1v) is 8.29. The Morgan fingerprint density at radius 1 is 1.38 bits per heavy atom. The molecule has 2 aliphatic rings. The molecule has 24 heavy (non-hydrogen) atoms. The highest BCUT2D eigenvalue weighted by molar-refractivity contribution is 5.78. The SMILES string of the molecule is COc1cc2c(cc1CNC(=O)CN1CCCC(O)C1)OCCO2. The van der Waals surface area contributed by atoms with Gasteiger partial charge in [0.25, 0.3) is 0 Å². The first-order chi connectivity index (χ1) is 11.7. The molecule has 2 N–H and O–H groups in total. The quantitative estimate of drug-likeness (QED) is 0.817. The van der Waals surface area contributed by atoms with Gasteiger partial charge in [-0.1, -0.05) is 0 Å². The minimum Gasteiger partial charge on any atom is -0.496 e. The second-order valence-electron chi connectivity index (χ2n) is 6.12. The molecule has 132 valence electrons. The maximum absolute atomic E-state index is 12.1. The number of β-amino-alcohol motifs (C(OH)–C–C–N with tert-alkyl or cyclic N) is 1. The van der Waals surface area contributed by atoms with Crippen molar-refractivity contribution in [3.63, 3.8) is 0 Å². The number of amides is 1. The number of rotatable bonds is 5. The summed E-state index contributed by atoms with van der Waals surface area (Å²) in [6, 6.07) is 3.63. The van der Waals surface area contributed by atoms with Gasteiger partial charge in [0, 0.05) is 24.7 Å². The van der Waals surface area contributed by atoms with Crippen molar-refractivity contribution in [2.45, 2.75) is 25.5 Å². The number of aliphatic hydroxyl groups is 1. The second kappa shape index (κ2) is 7.72. The highest BCUT2D eigenvalue weighted by Gasteiger charge is 2.20. The first-order valence-electron chi connectivity index (χ1n) is 8.29. The van der Waals surface area contributed by atoms with E-state index in [0.717, 1.165) is 24.9 Å². The summed E-state index contributed by atoms with van der Waals surface area (Å²) in [5.74, 6) is 1.93. The van der Waals surface area contributed by atoms with Gasteiger partial charge in [0.2, 0.25) is 5.91 Å². The van der Waals surface area contributed by atoms with Gasteiger partial charge in [-0.05, 0) is 25.5 Å². The number of methoxy groups -OCH3 is 1. The van der Waals surface area contributed by atoms with Crippen molar-refractivity contribution in [2.24, 2.45) is 0 Å². The molecule has 0 saturated carbocycles. The van der Waals surface area contributed by atoms with E-state index in [4.69, 9.17) is 14.2 Å². The molecule has 1 aromatic carbocycles. The fourth-order valence-corrected chi connectivity index (χ4v) is 3.07. The lowest BCUT2D eigenvalue weighted by Crippen LogP contribution is -2.44. The molecule has 1 fully saturated rings. The van der Waals surface area contributed by atoms with Crippen LogP contribution in [0.5, 0.6) is 17.2 Å². The van der Waals surface area contributed by atoms with Crippen LogP contribution in [0.1, 0.15) is 18.4 Å². The number of ether oxygens (including phenoxy) is 3. The van der Waals surface area contributed by atoms with E-state index >= 15 is 0 Å². The van der Waals surface area contributed by atoms with Crippen molar-refractivity contribution >= 4 is 5.91 Å². The Morgan fingerprint density at radius 3 is 2.83 bits per heavy atom. The third-order valence-corrected chi connectivity index (χ3v) is 4.27. The fourth-order valence-electron chi connectivity index (χ4n) is 3.07. The van der Waals surface area contributed by atoms with Gasteiger partial charge < -0.3 is 24.6 Å². The Balaban J connectivity index is 1.58. The first kappa shape index (κ1) is 16.9. The molecule has 1 unspecified atom stereocenters. The summed E-state index contributed by atoms with van der Waals surface area (Å²) in [6.07, 6.45) is 1.40. The van der Waals surface area contributed by atoms with E-state index in [9.17, 15) is 9.90 Å². The van der Waals surface area contributed by atoms with Gasteiger partial charge in [0.15, 0.2) is 11.5 Å². The van der Waals surface area contributed by atoms with E-state index in [-0.39, 0.29) is 12.0 Å². The topological polar surface area (TPSA) is 80.3 Å². The summed E-state index contributed by atoms with van der Waals surface area (Å²) < 4.78 is 16.5. The summed E-state index contributed by atoms with van der Waals surface area (Å²) in [4.78, 5) is 14.1. The van der Waals surface area contributed by atoms with Gasteiger partial charge >= 0.3 is 0 Å². The molecular weight excluding hydrogens is 312 g/mol. The van der Waals surface area contributed by atoms with Gasteiger partial charge in [-0.3, -0.25) is 9.69 Å². The van der Waals surface area contributed by atoms with Crippen LogP contribution in [0.25, 0.3) is 0 Å². The van der Waals surface area contributed by atoms with Crippen LogP contribution in [0.15, 0.2) is 12.1 Å². The van der Waals surface area contributed by atoms with Crippen molar-refractivity contribution in [3.8, 4) is 17.2 Å². The van der Waals surface area contributed by atoms with Gasteiger partial charge in [-0.25, -0.2) is 0 Å². The standard InChI is InChI=1S/C17H24N2O5/c1-22-14-8-16-15(23-5-6-24-16)7-12(14)9-18-17(21)11-19-4-2-3-13(20)10-19/h7-8,13,20H,2-6,9-11H2,1H3,(H,18,21). The molecular formula is C17H24N2O5. The van der Waals surface area contributed by atoms with Crippen LogP contribution in [-0.4, -0.2) is 62.0 Å². The number of hydrogen-bond acceptors (Lipinski definition) is 6. The molecule has 0 spiro atoms. The molecule has 0 radical (unpaired) electrons. The van der Waals surface area contributed by atoms with Crippen molar-refractivity contribution < 1.29 is 24.1 Å². The van der Waals surface area contributed by atoms with Crippen LogP contribution >= 0.6 is 0 Å². The summed E-state index contributed by atoms with van der Waals surface area (Å²) in [5.41, 5.74) is 0.841. The number of carbonyl (C=O) groups excluding carboxylic acids is 1. The Kier molecular flexibility index (Phi) is 5.42. The Hall–Kier alpha value is -1.99. The maximum Gasteiger partial charge on any atom is 0.234 e. The molecule has 1 aromatic rings. The maximum atomic E-state index is 12.1. The molecule has 3 rings (SSSR count). The molecule has 0 bridgehead atoms. The summed E-state index contributed by atoms with van der Waals surface area (Å²) >= 11 is 0. The largest absolute Gasteiger partial charge is 0.496 e. The zero-order chi connectivity index (χ0) is 16.9. The minimum atomic E-state index is -0.329. The Bertz CT molecular complexity index is 593. The van der Waals surface area contributed by atoms with Gasteiger partial charge in [-0.2, -0.15) is 0 Å². The van der Waals surface area contributed by atoms with Crippen LogP contribution in [0.3, 0.4) is 0 Å². The minimum absolute atomic E-state index is 0.0685. The summed E-state index contributed by atoms with van der Waals surface area (Å²) in [7, 11) is 1.59. The molecule has 0 aliphatic carbocycles. The molecule has 1 amide bonds. The number of piperidine rings is 1. The predicted octanol–water partition coefficient (Wildman–Crippen LogP) is 0.539. The van der Waals surface area contributed by atoms with Crippen molar-refractivity contribution in [1.82, 2.24) is 10.2 Å². The average molecular weight is 336 g/mol. The van der Waals surface area contributed by atoms with Crippen molar-refractivity contribution in [1.29, 1.82) is 0 Å². The normalized spacial score (nSPS) is 20.5. The molecule has 2 heterocycles. The number of nitrogens with one attached hydrogen (secondary N) is 1. The van der Waals surface area contributed by atoms with E-state index in [0.29, 0.717) is 50.1 Å². The zero-order valence-corrected chi connectivity index (χ0v) is 13.9. The van der Waals surface area contributed by atoms with Crippen LogP contribution in [0, 0.1) is 0 Å². The van der Waals surface area contributed by atoms with E-state index < -0.39 is 0 Å². The molecule has 7 heteroatoms.